The van der Waals surface area contributed by atoms with Gasteiger partial charge in [0.2, 0.25) is 11.8 Å². The molecular weight excluding hydrogens is 400 g/mol. The van der Waals surface area contributed by atoms with Crippen molar-refractivity contribution in [2.45, 2.75) is 32.1 Å². The van der Waals surface area contributed by atoms with Crippen LogP contribution in [0.1, 0.15) is 41.0 Å². The maximum Gasteiger partial charge on any atom is 0.253 e. The van der Waals surface area contributed by atoms with Gasteiger partial charge in [-0.25, -0.2) is 4.98 Å². The summed E-state index contributed by atoms with van der Waals surface area (Å²) in [5.41, 5.74) is 6.89. The summed E-state index contributed by atoms with van der Waals surface area (Å²) >= 11 is 1.69. The number of unbranched alkanes of at least 4 members (excludes halogenated alkanes) is 1. The number of carbonyl (C=O) groups excluding carboxylic acids is 3. The molecule has 3 rings (SSSR count). The zero-order valence-electron chi connectivity index (χ0n) is 16.5. The topological polar surface area (TPSA) is 114 Å². The molecule has 0 aliphatic rings. The summed E-state index contributed by atoms with van der Waals surface area (Å²) in [5, 5.41) is 6.51. The lowest BCUT2D eigenvalue weighted by molar-refractivity contribution is -0.118. The van der Waals surface area contributed by atoms with E-state index >= 15 is 0 Å². The Hall–Kier alpha value is -3.26. The fraction of sp³-hybridized carbons (Fsp3) is 0.273. The van der Waals surface area contributed by atoms with Gasteiger partial charge in [0.15, 0.2) is 0 Å². The molecule has 156 valence electrons. The minimum atomic E-state index is -0.484. The van der Waals surface area contributed by atoms with Gasteiger partial charge in [-0.15, -0.1) is 11.3 Å². The van der Waals surface area contributed by atoms with Crippen LogP contribution in [0.15, 0.2) is 48.5 Å². The summed E-state index contributed by atoms with van der Waals surface area (Å²) in [6.07, 6.45) is 2.86. The third kappa shape index (κ3) is 6.12. The van der Waals surface area contributed by atoms with Crippen LogP contribution in [0.2, 0.25) is 0 Å². The Balaban J connectivity index is 1.46. The minimum absolute atomic E-state index is 0.0644. The first-order chi connectivity index (χ1) is 14.5. The summed E-state index contributed by atoms with van der Waals surface area (Å²) in [7, 11) is 0. The number of hydrogen-bond acceptors (Lipinski definition) is 5. The first-order valence-corrected chi connectivity index (χ1v) is 10.6. The average Bonchev–Trinajstić information content (AvgIpc) is 3.14. The number of anilines is 1. The fourth-order valence-electron chi connectivity index (χ4n) is 2.99. The standard InChI is InChI=1S/C22H24N4O3S/c23-19(27)13-14-24-22(29)15-7-1-2-8-16(15)25-20(28)11-5-6-12-21-26-17-9-3-4-10-18(17)30-21/h1-4,7-10H,5-6,11-14H2,(H2,23,27)(H,24,29)(H,25,28). The molecule has 0 aliphatic carbocycles. The van der Waals surface area contributed by atoms with Crippen molar-refractivity contribution < 1.29 is 14.4 Å². The molecule has 0 aliphatic heterocycles. The van der Waals surface area contributed by atoms with Gasteiger partial charge in [0, 0.05) is 19.4 Å². The number of fused-ring (bicyclic) bond motifs is 1. The zero-order valence-corrected chi connectivity index (χ0v) is 17.3. The Bertz CT molecular complexity index is 1010. The number of nitrogens with two attached hydrogens (primary N) is 1. The molecule has 7 nitrogen and oxygen atoms in total. The SMILES string of the molecule is NC(=O)CCNC(=O)c1ccccc1NC(=O)CCCCc1nc2ccccc2s1. The van der Waals surface area contributed by atoms with Gasteiger partial charge < -0.3 is 16.4 Å². The molecule has 0 radical (unpaired) electrons. The second-order valence-corrected chi connectivity index (χ2v) is 7.96. The molecular formula is C22H24N4O3S. The van der Waals surface area contributed by atoms with Crippen molar-refractivity contribution in [3.8, 4) is 0 Å². The lowest BCUT2D eigenvalue weighted by Crippen LogP contribution is -2.28. The normalized spacial score (nSPS) is 10.7. The summed E-state index contributed by atoms with van der Waals surface area (Å²) in [4.78, 5) is 40.0. The third-order valence-corrected chi connectivity index (χ3v) is 5.58. The van der Waals surface area contributed by atoms with Gasteiger partial charge in [0.1, 0.15) is 0 Å². The van der Waals surface area contributed by atoms with Gasteiger partial charge in [-0.1, -0.05) is 24.3 Å². The number of aryl methyl sites for hydroxylation is 1. The van der Waals surface area contributed by atoms with Crippen molar-refractivity contribution in [3.05, 3.63) is 59.1 Å². The Morgan fingerprint density at radius 1 is 0.967 bits per heavy atom. The van der Waals surface area contributed by atoms with Crippen molar-refractivity contribution in [1.29, 1.82) is 0 Å². The van der Waals surface area contributed by atoms with Crippen LogP contribution in [0.4, 0.5) is 5.69 Å². The number of benzene rings is 2. The van der Waals surface area contributed by atoms with Crippen molar-refractivity contribution in [3.63, 3.8) is 0 Å². The van der Waals surface area contributed by atoms with Gasteiger partial charge >= 0.3 is 0 Å². The number of para-hydroxylation sites is 2. The van der Waals surface area contributed by atoms with Gasteiger partial charge in [0.25, 0.3) is 5.91 Å². The zero-order chi connectivity index (χ0) is 21.3. The maximum atomic E-state index is 12.3. The van der Waals surface area contributed by atoms with E-state index in [1.54, 1.807) is 35.6 Å². The van der Waals surface area contributed by atoms with E-state index in [1.165, 1.54) is 4.70 Å². The Kier molecular flexibility index (Phi) is 7.51. The second kappa shape index (κ2) is 10.5. The molecule has 0 bridgehead atoms. The molecule has 3 amide bonds. The maximum absolute atomic E-state index is 12.3. The highest BCUT2D eigenvalue weighted by atomic mass is 32.1. The summed E-state index contributed by atoms with van der Waals surface area (Å²) < 4.78 is 1.18. The number of rotatable bonds is 10. The van der Waals surface area contributed by atoms with E-state index in [9.17, 15) is 14.4 Å². The van der Waals surface area contributed by atoms with Crippen molar-refractivity contribution in [1.82, 2.24) is 10.3 Å². The lowest BCUT2D eigenvalue weighted by atomic mass is 10.1. The quantitative estimate of drug-likeness (QED) is 0.433. The molecule has 2 aromatic carbocycles. The van der Waals surface area contributed by atoms with Crippen LogP contribution in [0.5, 0.6) is 0 Å². The van der Waals surface area contributed by atoms with E-state index in [0.717, 1.165) is 29.8 Å². The summed E-state index contributed by atoms with van der Waals surface area (Å²) in [6, 6.07) is 14.8. The Morgan fingerprint density at radius 3 is 2.53 bits per heavy atom. The van der Waals surface area contributed by atoms with Crippen LogP contribution in [-0.4, -0.2) is 29.3 Å². The molecule has 1 heterocycles. The summed E-state index contributed by atoms with van der Waals surface area (Å²) in [5.74, 6) is -0.984. The molecule has 0 fully saturated rings. The molecule has 0 saturated heterocycles. The minimum Gasteiger partial charge on any atom is -0.370 e. The Labute approximate surface area is 178 Å². The molecule has 8 heteroatoms. The average molecular weight is 425 g/mol. The number of nitrogens with zero attached hydrogens (tertiary/aromatic N) is 1. The number of aromatic nitrogens is 1. The van der Waals surface area contributed by atoms with Crippen LogP contribution in [0.25, 0.3) is 10.2 Å². The van der Waals surface area contributed by atoms with E-state index in [-0.39, 0.29) is 24.8 Å². The van der Waals surface area contributed by atoms with Crippen LogP contribution < -0.4 is 16.4 Å². The lowest BCUT2D eigenvalue weighted by Gasteiger charge is -2.11. The first-order valence-electron chi connectivity index (χ1n) is 9.83. The number of nitrogens with one attached hydrogen (secondary N) is 2. The fourth-order valence-corrected chi connectivity index (χ4v) is 4.00. The van der Waals surface area contributed by atoms with Gasteiger partial charge in [0.05, 0.1) is 26.5 Å². The second-order valence-electron chi connectivity index (χ2n) is 6.85. The van der Waals surface area contributed by atoms with Crippen LogP contribution in [-0.2, 0) is 16.0 Å². The largest absolute Gasteiger partial charge is 0.370 e. The monoisotopic (exact) mass is 424 g/mol. The van der Waals surface area contributed by atoms with Gasteiger partial charge in [-0.3, -0.25) is 14.4 Å². The predicted molar refractivity (Wildman–Crippen MR) is 118 cm³/mol. The van der Waals surface area contributed by atoms with E-state index in [2.05, 4.69) is 21.7 Å². The number of carbonyl (C=O) groups is 3. The molecule has 0 spiro atoms. The van der Waals surface area contributed by atoms with Gasteiger partial charge in [-0.05, 0) is 43.5 Å². The molecule has 3 aromatic rings. The van der Waals surface area contributed by atoms with Gasteiger partial charge in [-0.2, -0.15) is 0 Å². The molecule has 0 atom stereocenters. The number of thiazole rings is 1. The van der Waals surface area contributed by atoms with Crippen molar-refractivity contribution in [2.75, 3.05) is 11.9 Å². The highest BCUT2D eigenvalue weighted by molar-refractivity contribution is 7.18. The smallest absolute Gasteiger partial charge is 0.253 e. The highest BCUT2D eigenvalue weighted by Gasteiger charge is 2.13. The van der Waals surface area contributed by atoms with E-state index < -0.39 is 5.91 Å². The molecule has 1 aromatic heterocycles. The predicted octanol–water partition coefficient (Wildman–Crippen LogP) is 3.25. The number of primary amides is 1. The first kappa shape index (κ1) is 21.4. The molecule has 0 saturated carbocycles. The molecule has 30 heavy (non-hydrogen) atoms. The van der Waals surface area contributed by atoms with E-state index in [4.69, 9.17) is 5.73 Å². The highest BCUT2D eigenvalue weighted by Crippen LogP contribution is 2.23. The van der Waals surface area contributed by atoms with Crippen LogP contribution in [0, 0.1) is 0 Å². The van der Waals surface area contributed by atoms with Crippen LogP contribution in [0.3, 0.4) is 0 Å². The summed E-state index contributed by atoms with van der Waals surface area (Å²) in [6.45, 7) is 0.155. The Morgan fingerprint density at radius 2 is 1.73 bits per heavy atom. The van der Waals surface area contributed by atoms with Crippen molar-refractivity contribution >= 4 is 45.0 Å². The van der Waals surface area contributed by atoms with E-state index in [0.29, 0.717) is 17.7 Å². The van der Waals surface area contributed by atoms with Crippen LogP contribution >= 0.6 is 11.3 Å². The number of hydrogen-bond donors (Lipinski definition) is 3. The van der Waals surface area contributed by atoms with E-state index in [1.807, 2.05) is 18.2 Å². The third-order valence-electron chi connectivity index (χ3n) is 4.49. The molecule has 0 unspecified atom stereocenters. The number of amides is 3. The molecule has 4 N–H and O–H groups in total. The van der Waals surface area contributed by atoms with Crippen molar-refractivity contribution in [2.24, 2.45) is 5.73 Å².